The summed E-state index contributed by atoms with van der Waals surface area (Å²) in [5.74, 6) is -1.47. The lowest BCUT2D eigenvalue weighted by Crippen LogP contribution is -2.37. The normalized spacial score (nSPS) is 10.5. The number of carbonyl (C=O) groups is 3. The van der Waals surface area contributed by atoms with Gasteiger partial charge in [-0.15, -0.1) is 0 Å². The van der Waals surface area contributed by atoms with E-state index in [1.165, 1.54) is 6.21 Å². The molecular weight excluding hydrogens is 456 g/mol. The highest BCUT2D eigenvalue weighted by molar-refractivity contribution is 6.35. The van der Waals surface area contributed by atoms with E-state index in [1.807, 2.05) is 31.2 Å². The van der Waals surface area contributed by atoms with Crippen molar-refractivity contribution in [3.63, 3.8) is 0 Å². The SMILES string of the molecule is Cc1ccc(CNC(=O)C(=O)N/N=C\c2ccc(OCC(=O)Nc3ccc(Cl)cc3)cc2)cc1. The van der Waals surface area contributed by atoms with Crippen LogP contribution < -0.4 is 20.8 Å². The number of hydrogen-bond acceptors (Lipinski definition) is 5. The average Bonchev–Trinajstić information content (AvgIpc) is 2.84. The van der Waals surface area contributed by atoms with E-state index in [4.69, 9.17) is 16.3 Å². The van der Waals surface area contributed by atoms with Crippen molar-refractivity contribution in [3.05, 3.63) is 94.5 Å². The Hall–Kier alpha value is -4.17. The van der Waals surface area contributed by atoms with Crippen molar-refractivity contribution in [2.75, 3.05) is 11.9 Å². The number of anilines is 1. The van der Waals surface area contributed by atoms with Crippen LogP contribution in [0.1, 0.15) is 16.7 Å². The number of ether oxygens (including phenoxy) is 1. The fraction of sp³-hybridized carbons (Fsp3) is 0.120. The monoisotopic (exact) mass is 478 g/mol. The van der Waals surface area contributed by atoms with Crippen LogP contribution in [0.3, 0.4) is 0 Å². The standard InChI is InChI=1S/C25H23ClN4O4/c1-17-2-4-18(5-3-17)14-27-24(32)25(33)30-28-15-19-6-12-22(13-7-19)34-16-23(31)29-21-10-8-20(26)9-11-21/h2-13,15H,14,16H2,1H3,(H,27,32)(H,29,31)(H,30,33)/b28-15-. The van der Waals surface area contributed by atoms with E-state index in [9.17, 15) is 14.4 Å². The molecule has 0 aromatic heterocycles. The third-order valence-corrected chi connectivity index (χ3v) is 4.79. The van der Waals surface area contributed by atoms with E-state index < -0.39 is 11.8 Å². The van der Waals surface area contributed by atoms with Crippen LogP contribution in [0.15, 0.2) is 77.9 Å². The number of nitrogens with zero attached hydrogens (tertiary/aromatic N) is 1. The highest BCUT2D eigenvalue weighted by Gasteiger charge is 2.11. The summed E-state index contributed by atoms with van der Waals surface area (Å²) in [4.78, 5) is 35.7. The van der Waals surface area contributed by atoms with E-state index in [0.29, 0.717) is 22.0 Å². The van der Waals surface area contributed by atoms with Crippen molar-refractivity contribution in [3.8, 4) is 5.75 Å². The minimum atomic E-state index is -0.866. The van der Waals surface area contributed by atoms with Gasteiger partial charge in [-0.05, 0) is 66.6 Å². The molecule has 3 rings (SSSR count). The molecular formula is C25H23ClN4O4. The Morgan fingerprint density at radius 1 is 0.912 bits per heavy atom. The van der Waals surface area contributed by atoms with E-state index >= 15 is 0 Å². The smallest absolute Gasteiger partial charge is 0.329 e. The lowest BCUT2D eigenvalue weighted by atomic mass is 10.1. The van der Waals surface area contributed by atoms with Crippen LogP contribution >= 0.6 is 11.6 Å². The predicted octanol–water partition coefficient (Wildman–Crippen LogP) is 3.43. The molecule has 3 amide bonds. The summed E-state index contributed by atoms with van der Waals surface area (Å²) in [6.45, 7) is 2.05. The quantitative estimate of drug-likeness (QED) is 0.262. The highest BCUT2D eigenvalue weighted by Crippen LogP contribution is 2.14. The minimum Gasteiger partial charge on any atom is -0.484 e. The molecule has 0 aliphatic rings. The Balaban J connectivity index is 1.39. The number of rotatable bonds is 8. The van der Waals surface area contributed by atoms with Crippen LogP contribution in [0.4, 0.5) is 5.69 Å². The summed E-state index contributed by atoms with van der Waals surface area (Å²) in [5.41, 5.74) is 5.47. The molecule has 0 saturated carbocycles. The molecule has 0 unspecified atom stereocenters. The first kappa shape index (κ1) is 24.5. The summed E-state index contributed by atoms with van der Waals surface area (Å²) in [5, 5.41) is 9.61. The van der Waals surface area contributed by atoms with Gasteiger partial charge in [0.05, 0.1) is 6.21 Å². The Morgan fingerprint density at radius 3 is 2.26 bits per heavy atom. The van der Waals surface area contributed by atoms with Gasteiger partial charge in [-0.3, -0.25) is 14.4 Å². The Bertz CT molecular complexity index is 1160. The van der Waals surface area contributed by atoms with E-state index in [1.54, 1.807) is 48.5 Å². The lowest BCUT2D eigenvalue weighted by molar-refractivity contribution is -0.139. The largest absolute Gasteiger partial charge is 0.484 e. The number of hydrogen-bond donors (Lipinski definition) is 3. The van der Waals surface area contributed by atoms with Crippen molar-refractivity contribution < 1.29 is 19.1 Å². The maximum atomic E-state index is 12.0. The second-order valence-corrected chi connectivity index (χ2v) is 7.72. The Kier molecular flexibility index (Phi) is 8.76. The maximum Gasteiger partial charge on any atom is 0.329 e. The second kappa shape index (κ2) is 12.2. The van der Waals surface area contributed by atoms with Crippen LogP contribution in [0.2, 0.25) is 5.02 Å². The molecule has 0 radical (unpaired) electrons. The van der Waals surface area contributed by atoms with Gasteiger partial charge in [-0.25, -0.2) is 5.43 Å². The van der Waals surface area contributed by atoms with E-state index in [-0.39, 0.29) is 19.1 Å². The molecule has 3 aromatic rings. The van der Waals surface area contributed by atoms with Crippen LogP contribution in [-0.2, 0) is 20.9 Å². The van der Waals surface area contributed by atoms with Crippen molar-refractivity contribution in [2.45, 2.75) is 13.5 Å². The fourth-order valence-corrected chi connectivity index (χ4v) is 2.84. The second-order valence-electron chi connectivity index (χ2n) is 7.28. The first-order chi connectivity index (χ1) is 16.4. The molecule has 0 heterocycles. The van der Waals surface area contributed by atoms with Gasteiger partial charge in [0, 0.05) is 17.3 Å². The minimum absolute atomic E-state index is 0.163. The lowest BCUT2D eigenvalue weighted by Gasteiger charge is -2.08. The van der Waals surface area contributed by atoms with Gasteiger partial charge in [0.25, 0.3) is 5.91 Å². The average molecular weight is 479 g/mol. The van der Waals surface area contributed by atoms with Crippen molar-refractivity contribution in [1.29, 1.82) is 0 Å². The van der Waals surface area contributed by atoms with Gasteiger partial charge >= 0.3 is 11.8 Å². The molecule has 174 valence electrons. The summed E-state index contributed by atoms with van der Waals surface area (Å²) in [7, 11) is 0. The molecule has 0 bridgehead atoms. The zero-order valence-electron chi connectivity index (χ0n) is 18.4. The summed E-state index contributed by atoms with van der Waals surface area (Å²) in [6, 6.07) is 21.1. The number of hydrazone groups is 1. The number of amides is 3. The van der Waals surface area contributed by atoms with Crippen LogP contribution in [0.5, 0.6) is 5.75 Å². The Labute approximate surface area is 202 Å². The fourth-order valence-electron chi connectivity index (χ4n) is 2.71. The summed E-state index contributed by atoms with van der Waals surface area (Å²) >= 11 is 5.82. The third kappa shape index (κ3) is 8.07. The number of nitrogens with one attached hydrogen (secondary N) is 3. The first-order valence-corrected chi connectivity index (χ1v) is 10.7. The molecule has 0 atom stereocenters. The van der Waals surface area contributed by atoms with Crippen LogP contribution in [0, 0.1) is 6.92 Å². The third-order valence-electron chi connectivity index (χ3n) is 4.54. The molecule has 0 aliphatic heterocycles. The summed E-state index contributed by atoms with van der Waals surface area (Å²) < 4.78 is 5.46. The van der Waals surface area contributed by atoms with Gasteiger partial charge in [0.15, 0.2) is 6.61 Å². The molecule has 9 heteroatoms. The Morgan fingerprint density at radius 2 is 1.59 bits per heavy atom. The van der Waals surface area contributed by atoms with Crippen molar-refractivity contribution in [2.24, 2.45) is 5.10 Å². The van der Waals surface area contributed by atoms with Crippen LogP contribution in [-0.4, -0.2) is 30.5 Å². The van der Waals surface area contributed by atoms with Crippen molar-refractivity contribution >= 4 is 41.2 Å². The van der Waals surface area contributed by atoms with E-state index in [0.717, 1.165) is 11.1 Å². The molecule has 3 N–H and O–H groups in total. The predicted molar refractivity (Wildman–Crippen MR) is 131 cm³/mol. The van der Waals surface area contributed by atoms with Crippen LogP contribution in [0.25, 0.3) is 0 Å². The van der Waals surface area contributed by atoms with Gasteiger partial charge in [-0.2, -0.15) is 5.10 Å². The van der Waals surface area contributed by atoms with Gasteiger partial charge in [0.2, 0.25) is 0 Å². The number of halogens is 1. The maximum absolute atomic E-state index is 12.0. The summed E-state index contributed by atoms with van der Waals surface area (Å²) in [6.07, 6.45) is 1.39. The molecule has 0 saturated heterocycles. The van der Waals surface area contributed by atoms with Crippen molar-refractivity contribution in [1.82, 2.24) is 10.7 Å². The molecule has 3 aromatic carbocycles. The van der Waals surface area contributed by atoms with E-state index in [2.05, 4.69) is 21.2 Å². The molecule has 8 nitrogen and oxygen atoms in total. The van der Waals surface area contributed by atoms with Gasteiger partial charge < -0.3 is 15.4 Å². The topological polar surface area (TPSA) is 109 Å². The van der Waals surface area contributed by atoms with Gasteiger partial charge in [0.1, 0.15) is 5.75 Å². The number of benzene rings is 3. The van der Waals surface area contributed by atoms with Gasteiger partial charge in [-0.1, -0.05) is 41.4 Å². The first-order valence-electron chi connectivity index (χ1n) is 10.3. The molecule has 34 heavy (non-hydrogen) atoms. The molecule has 0 aliphatic carbocycles. The number of carbonyl (C=O) groups excluding carboxylic acids is 3. The molecule has 0 fully saturated rings. The highest BCUT2D eigenvalue weighted by atomic mass is 35.5. The zero-order valence-corrected chi connectivity index (χ0v) is 19.1. The zero-order chi connectivity index (χ0) is 24.3. The molecule has 0 spiro atoms. The number of aryl methyl sites for hydroxylation is 1.